The van der Waals surface area contributed by atoms with Crippen LogP contribution in [0.3, 0.4) is 0 Å². The number of carbonyl (C=O) groups is 1. The van der Waals surface area contributed by atoms with E-state index >= 15 is 0 Å². The molecule has 3 heteroatoms. The Labute approximate surface area is 121 Å². The van der Waals surface area contributed by atoms with Gasteiger partial charge < -0.3 is 10.1 Å². The zero-order valence-corrected chi connectivity index (χ0v) is 12.4. The molecule has 1 aliphatic carbocycles. The molecule has 3 nitrogen and oxygen atoms in total. The molecule has 1 aliphatic rings. The van der Waals surface area contributed by atoms with Crippen LogP contribution in [0.1, 0.15) is 51.9 Å². The molecular formula is C17H25NO2. The minimum Gasteiger partial charge on any atom is -0.494 e. The third kappa shape index (κ3) is 4.87. The Hall–Kier alpha value is -1.51. The molecule has 0 radical (unpaired) electrons. The molecule has 1 fully saturated rings. The Kier molecular flexibility index (Phi) is 5.90. The van der Waals surface area contributed by atoms with E-state index in [2.05, 4.69) is 12.2 Å². The van der Waals surface area contributed by atoms with Crippen LogP contribution in [0.15, 0.2) is 24.3 Å². The Balaban J connectivity index is 1.76. The lowest BCUT2D eigenvalue weighted by Gasteiger charge is -2.10. The van der Waals surface area contributed by atoms with Gasteiger partial charge in [-0.1, -0.05) is 26.2 Å². The summed E-state index contributed by atoms with van der Waals surface area (Å²) in [6.45, 7) is 2.90. The molecule has 0 saturated heterocycles. The van der Waals surface area contributed by atoms with Gasteiger partial charge in [0.25, 0.3) is 0 Å². The molecule has 0 unspecified atom stereocenters. The van der Waals surface area contributed by atoms with Crippen molar-refractivity contribution in [3.63, 3.8) is 0 Å². The van der Waals surface area contributed by atoms with E-state index in [1.807, 2.05) is 24.3 Å². The molecule has 2 rings (SSSR count). The second kappa shape index (κ2) is 7.93. The van der Waals surface area contributed by atoms with Crippen molar-refractivity contribution in [1.82, 2.24) is 0 Å². The number of carbonyl (C=O) groups excluding carboxylic acids is 1. The number of nitrogens with one attached hydrogen (secondary N) is 1. The highest BCUT2D eigenvalue weighted by Crippen LogP contribution is 2.27. The number of ether oxygens (including phenoxy) is 1. The zero-order chi connectivity index (χ0) is 14.2. The minimum absolute atomic E-state index is 0.136. The number of hydrogen-bond donors (Lipinski definition) is 1. The maximum atomic E-state index is 11.9. The van der Waals surface area contributed by atoms with Gasteiger partial charge in [0.15, 0.2) is 0 Å². The first-order valence-electron chi connectivity index (χ1n) is 7.80. The van der Waals surface area contributed by atoms with Crippen molar-refractivity contribution < 1.29 is 9.53 Å². The highest BCUT2D eigenvalue weighted by atomic mass is 16.5. The fourth-order valence-electron chi connectivity index (χ4n) is 2.66. The first-order valence-corrected chi connectivity index (χ1v) is 7.80. The van der Waals surface area contributed by atoms with Crippen LogP contribution in [0.2, 0.25) is 0 Å². The van der Waals surface area contributed by atoms with E-state index in [0.29, 0.717) is 12.3 Å². The van der Waals surface area contributed by atoms with Crippen molar-refractivity contribution in [1.29, 1.82) is 0 Å². The average Bonchev–Trinajstić information content (AvgIpc) is 2.94. The van der Waals surface area contributed by atoms with Crippen molar-refractivity contribution >= 4 is 11.6 Å². The number of amides is 1. The lowest BCUT2D eigenvalue weighted by molar-refractivity contribution is -0.117. The Morgan fingerprint density at radius 1 is 1.25 bits per heavy atom. The van der Waals surface area contributed by atoms with Crippen LogP contribution < -0.4 is 10.1 Å². The average molecular weight is 275 g/mol. The fraction of sp³-hybridized carbons (Fsp3) is 0.588. The predicted molar refractivity (Wildman–Crippen MR) is 82.0 cm³/mol. The SMILES string of the molecule is CCCCOc1ccc(NC(=O)CC2CCCC2)cc1. The van der Waals surface area contributed by atoms with Crippen LogP contribution >= 0.6 is 0 Å². The van der Waals surface area contributed by atoms with Crippen LogP contribution in [0.5, 0.6) is 5.75 Å². The van der Waals surface area contributed by atoms with Gasteiger partial charge in [-0.2, -0.15) is 0 Å². The van der Waals surface area contributed by atoms with Crippen molar-refractivity contribution in [2.24, 2.45) is 5.92 Å². The van der Waals surface area contributed by atoms with Gasteiger partial charge in [0.2, 0.25) is 5.91 Å². The molecule has 0 bridgehead atoms. The minimum atomic E-state index is 0.136. The van der Waals surface area contributed by atoms with Crippen molar-refractivity contribution in [3.8, 4) is 5.75 Å². The third-order valence-corrected chi connectivity index (χ3v) is 3.85. The fourth-order valence-corrected chi connectivity index (χ4v) is 2.66. The lowest BCUT2D eigenvalue weighted by atomic mass is 10.0. The molecule has 0 aromatic heterocycles. The maximum Gasteiger partial charge on any atom is 0.224 e. The van der Waals surface area contributed by atoms with Crippen LogP contribution in [0.4, 0.5) is 5.69 Å². The molecule has 1 aromatic carbocycles. The molecule has 110 valence electrons. The summed E-state index contributed by atoms with van der Waals surface area (Å²) in [5, 5.41) is 2.97. The molecule has 20 heavy (non-hydrogen) atoms. The van der Waals surface area contributed by atoms with E-state index < -0.39 is 0 Å². The number of unbranched alkanes of at least 4 members (excludes halogenated alkanes) is 1. The van der Waals surface area contributed by atoms with Gasteiger partial charge in [-0.05, 0) is 49.4 Å². The smallest absolute Gasteiger partial charge is 0.224 e. The molecular weight excluding hydrogens is 250 g/mol. The summed E-state index contributed by atoms with van der Waals surface area (Å²) in [6.07, 6.45) is 7.84. The lowest BCUT2D eigenvalue weighted by Crippen LogP contribution is -2.15. The number of rotatable bonds is 7. The predicted octanol–water partition coefficient (Wildman–Crippen LogP) is 4.38. The number of anilines is 1. The standard InChI is InChI=1S/C17H25NO2/c1-2-3-12-20-16-10-8-15(9-11-16)18-17(19)13-14-6-4-5-7-14/h8-11,14H,2-7,12-13H2,1H3,(H,18,19). The molecule has 1 amide bonds. The van der Waals surface area contributed by atoms with Gasteiger partial charge in [-0.25, -0.2) is 0 Å². The van der Waals surface area contributed by atoms with Gasteiger partial charge in [0.1, 0.15) is 5.75 Å². The Morgan fingerprint density at radius 2 is 1.95 bits per heavy atom. The Morgan fingerprint density at radius 3 is 2.60 bits per heavy atom. The first-order chi connectivity index (χ1) is 9.78. The van der Waals surface area contributed by atoms with E-state index in [4.69, 9.17) is 4.74 Å². The summed E-state index contributed by atoms with van der Waals surface area (Å²) in [5.41, 5.74) is 0.857. The van der Waals surface area contributed by atoms with Crippen molar-refractivity contribution in [3.05, 3.63) is 24.3 Å². The molecule has 0 atom stereocenters. The zero-order valence-electron chi connectivity index (χ0n) is 12.4. The highest BCUT2D eigenvalue weighted by molar-refractivity contribution is 5.90. The van der Waals surface area contributed by atoms with Gasteiger partial charge in [-0.3, -0.25) is 4.79 Å². The largest absolute Gasteiger partial charge is 0.494 e. The summed E-state index contributed by atoms with van der Waals surface area (Å²) in [5.74, 6) is 1.59. The van der Waals surface area contributed by atoms with Crippen LogP contribution in [-0.2, 0) is 4.79 Å². The summed E-state index contributed by atoms with van der Waals surface area (Å²) >= 11 is 0. The first kappa shape index (κ1) is 14.9. The molecule has 1 N–H and O–H groups in total. The van der Waals surface area contributed by atoms with Crippen LogP contribution in [0, 0.1) is 5.92 Å². The monoisotopic (exact) mass is 275 g/mol. The number of hydrogen-bond acceptors (Lipinski definition) is 2. The van der Waals surface area contributed by atoms with Crippen LogP contribution in [-0.4, -0.2) is 12.5 Å². The normalized spacial score (nSPS) is 15.2. The van der Waals surface area contributed by atoms with Crippen molar-refractivity contribution in [2.45, 2.75) is 51.9 Å². The van der Waals surface area contributed by atoms with E-state index in [1.54, 1.807) is 0 Å². The Bertz CT molecular complexity index is 408. The van der Waals surface area contributed by atoms with Gasteiger partial charge in [-0.15, -0.1) is 0 Å². The quantitative estimate of drug-likeness (QED) is 0.750. The molecule has 1 aromatic rings. The number of benzene rings is 1. The maximum absolute atomic E-state index is 11.9. The van der Waals surface area contributed by atoms with E-state index in [9.17, 15) is 4.79 Å². The second-order valence-corrected chi connectivity index (χ2v) is 5.63. The summed E-state index contributed by atoms with van der Waals surface area (Å²) in [4.78, 5) is 11.9. The summed E-state index contributed by atoms with van der Waals surface area (Å²) < 4.78 is 5.60. The second-order valence-electron chi connectivity index (χ2n) is 5.63. The molecule has 0 spiro atoms. The molecule has 0 aliphatic heterocycles. The van der Waals surface area contributed by atoms with Gasteiger partial charge >= 0.3 is 0 Å². The van der Waals surface area contributed by atoms with Gasteiger partial charge in [0.05, 0.1) is 6.61 Å². The van der Waals surface area contributed by atoms with E-state index in [-0.39, 0.29) is 5.91 Å². The molecule has 0 heterocycles. The summed E-state index contributed by atoms with van der Waals surface area (Å²) in [6, 6.07) is 7.66. The van der Waals surface area contributed by atoms with E-state index in [0.717, 1.165) is 30.9 Å². The summed E-state index contributed by atoms with van der Waals surface area (Å²) in [7, 11) is 0. The van der Waals surface area contributed by atoms with E-state index in [1.165, 1.54) is 25.7 Å². The topological polar surface area (TPSA) is 38.3 Å². The van der Waals surface area contributed by atoms with Crippen molar-refractivity contribution in [2.75, 3.05) is 11.9 Å². The van der Waals surface area contributed by atoms with Gasteiger partial charge in [0, 0.05) is 12.1 Å². The highest BCUT2D eigenvalue weighted by Gasteiger charge is 2.18. The molecule has 1 saturated carbocycles. The van der Waals surface area contributed by atoms with Crippen LogP contribution in [0.25, 0.3) is 0 Å². The third-order valence-electron chi connectivity index (χ3n) is 3.85.